The lowest BCUT2D eigenvalue weighted by Gasteiger charge is -2.32. The molecule has 1 fully saturated rings. The van der Waals surface area contributed by atoms with Gasteiger partial charge in [-0.25, -0.2) is 9.97 Å². The zero-order valence-corrected chi connectivity index (χ0v) is 17.7. The number of hydrogen-bond acceptors (Lipinski definition) is 7. The number of pyridine rings is 1. The highest BCUT2D eigenvalue weighted by Crippen LogP contribution is 2.25. The Balaban J connectivity index is 1.48. The molecule has 1 aliphatic heterocycles. The Morgan fingerprint density at radius 1 is 1.19 bits per heavy atom. The molecule has 0 bridgehead atoms. The first kappa shape index (κ1) is 20.9. The van der Waals surface area contributed by atoms with E-state index in [4.69, 9.17) is 15.5 Å². The minimum atomic E-state index is -0.452. The third kappa shape index (κ3) is 5.04. The predicted octanol–water partition coefficient (Wildman–Crippen LogP) is 2.28. The van der Waals surface area contributed by atoms with E-state index in [9.17, 15) is 4.79 Å². The highest BCUT2D eigenvalue weighted by Gasteiger charge is 2.23. The van der Waals surface area contributed by atoms with Gasteiger partial charge in [-0.05, 0) is 24.3 Å². The molecule has 8 heteroatoms. The SMILES string of the molecule is CN(C)c1ncc(CN2CCO[C@@H](c3cccc(-c4cccc(C(N)=O)c4)n3)C2)cn1. The molecule has 1 amide bonds. The van der Waals surface area contributed by atoms with E-state index in [1.165, 1.54) is 0 Å². The summed E-state index contributed by atoms with van der Waals surface area (Å²) >= 11 is 0. The topological polar surface area (TPSA) is 97.5 Å². The molecule has 2 aromatic heterocycles. The molecule has 0 unspecified atom stereocenters. The predicted molar refractivity (Wildman–Crippen MR) is 119 cm³/mol. The molecule has 1 aliphatic rings. The van der Waals surface area contributed by atoms with E-state index in [1.54, 1.807) is 12.1 Å². The van der Waals surface area contributed by atoms with Crippen LogP contribution in [-0.4, -0.2) is 59.6 Å². The molecule has 0 radical (unpaired) electrons. The number of carbonyl (C=O) groups is 1. The molecule has 4 rings (SSSR count). The summed E-state index contributed by atoms with van der Waals surface area (Å²) < 4.78 is 6.02. The monoisotopic (exact) mass is 418 g/mol. The van der Waals surface area contributed by atoms with Gasteiger partial charge in [0.25, 0.3) is 0 Å². The molecule has 1 aromatic carbocycles. The normalized spacial score (nSPS) is 16.8. The van der Waals surface area contributed by atoms with Crippen LogP contribution in [0.4, 0.5) is 5.95 Å². The number of benzene rings is 1. The van der Waals surface area contributed by atoms with Gasteiger partial charge < -0.3 is 15.4 Å². The molecule has 8 nitrogen and oxygen atoms in total. The molecule has 3 heterocycles. The van der Waals surface area contributed by atoms with Gasteiger partial charge in [0.05, 0.1) is 18.0 Å². The van der Waals surface area contributed by atoms with Gasteiger partial charge in [0, 0.05) is 62.8 Å². The van der Waals surface area contributed by atoms with Crippen LogP contribution in [-0.2, 0) is 11.3 Å². The van der Waals surface area contributed by atoms with Gasteiger partial charge in [0.1, 0.15) is 6.10 Å². The number of ether oxygens (including phenoxy) is 1. The Morgan fingerprint density at radius 2 is 1.97 bits per heavy atom. The first-order chi connectivity index (χ1) is 15.0. The number of aromatic nitrogens is 3. The van der Waals surface area contributed by atoms with Gasteiger partial charge in [0.2, 0.25) is 11.9 Å². The molecule has 160 valence electrons. The summed E-state index contributed by atoms with van der Waals surface area (Å²) in [6.45, 7) is 2.96. The standard InChI is InChI=1S/C23H26N6O2/c1-28(2)23-25-12-16(13-26-23)14-29-9-10-31-21(15-29)20-8-4-7-19(27-20)17-5-3-6-18(11-17)22(24)30/h3-8,11-13,21H,9-10,14-15H2,1-2H3,(H2,24,30)/t21-/m1/s1. The van der Waals surface area contributed by atoms with Crippen molar-refractivity contribution in [1.29, 1.82) is 0 Å². The van der Waals surface area contributed by atoms with Crippen LogP contribution in [0.1, 0.15) is 27.7 Å². The number of rotatable bonds is 6. The van der Waals surface area contributed by atoms with Crippen molar-refractivity contribution >= 4 is 11.9 Å². The van der Waals surface area contributed by atoms with Gasteiger partial charge in [-0.3, -0.25) is 14.7 Å². The fourth-order valence-electron chi connectivity index (χ4n) is 3.57. The molecular weight excluding hydrogens is 392 g/mol. The second kappa shape index (κ2) is 9.20. The van der Waals surface area contributed by atoms with Crippen molar-refractivity contribution in [2.45, 2.75) is 12.6 Å². The van der Waals surface area contributed by atoms with Crippen molar-refractivity contribution in [3.8, 4) is 11.3 Å². The zero-order valence-electron chi connectivity index (χ0n) is 17.7. The van der Waals surface area contributed by atoms with E-state index >= 15 is 0 Å². The molecule has 31 heavy (non-hydrogen) atoms. The van der Waals surface area contributed by atoms with E-state index < -0.39 is 5.91 Å². The average molecular weight is 419 g/mol. The van der Waals surface area contributed by atoms with Crippen LogP contribution in [0.15, 0.2) is 54.9 Å². The van der Waals surface area contributed by atoms with Crippen molar-refractivity contribution in [3.05, 3.63) is 71.7 Å². The maximum Gasteiger partial charge on any atom is 0.248 e. The lowest BCUT2D eigenvalue weighted by atomic mass is 10.1. The van der Waals surface area contributed by atoms with E-state index in [-0.39, 0.29) is 6.10 Å². The Kier molecular flexibility index (Phi) is 6.20. The van der Waals surface area contributed by atoms with Crippen molar-refractivity contribution in [2.24, 2.45) is 5.73 Å². The number of morpholine rings is 1. The van der Waals surface area contributed by atoms with Gasteiger partial charge in [-0.1, -0.05) is 18.2 Å². The number of anilines is 1. The maximum atomic E-state index is 11.5. The fraction of sp³-hybridized carbons (Fsp3) is 0.304. The molecule has 0 saturated carbocycles. The number of hydrogen-bond donors (Lipinski definition) is 1. The van der Waals surface area contributed by atoms with Gasteiger partial charge in [-0.15, -0.1) is 0 Å². The van der Waals surface area contributed by atoms with E-state index in [1.807, 2.05) is 61.7 Å². The summed E-state index contributed by atoms with van der Waals surface area (Å²) in [5.74, 6) is 0.247. The number of nitrogens with two attached hydrogens (primary N) is 1. The van der Waals surface area contributed by atoms with Crippen LogP contribution >= 0.6 is 0 Å². The van der Waals surface area contributed by atoms with Crippen LogP contribution in [0, 0.1) is 0 Å². The molecule has 0 aliphatic carbocycles. The summed E-state index contributed by atoms with van der Waals surface area (Å²) in [6.07, 6.45) is 3.62. The van der Waals surface area contributed by atoms with Crippen LogP contribution in [0.5, 0.6) is 0 Å². The van der Waals surface area contributed by atoms with Gasteiger partial charge in [-0.2, -0.15) is 0 Å². The lowest BCUT2D eigenvalue weighted by Crippen LogP contribution is -2.38. The number of nitrogens with zero attached hydrogens (tertiary/aromatic N) is 5. The van der Waals surface area contributed by atoms with Crippen LogP contribution in [0.25, 0.3) is 11.3 Å². The quantitative estimate of drug-likeness (QED) is 0.656. The van der Waals surface area contributed by atoms with Crippen molar-refractivity contribution in [1.82, 2.24) is 19.9 Å². The summed E-state index contributed by atoms with van der Waals surface area (Å²) in [4.78, 5) is 29.3. The molecule has 0 spiro atoms. The second-order valence-electron chi connectivity index (χ2n) is 7.77. The van der Waals surface area contributed by atoms with Gasteiger partial charge in [0.15, 0.2) is 0 Å². The largest absolute Gasteiger partial charge is 0.369 e. The highest BCUT2D eigenvalue weighted by atomic mass is 16.5. The average Bonchev–Trinajstić information content (AvgIpc) is 2.80. The van der Waals surface area contributed by atoms with Crippen molar-refractivity contribution in [2.75, 3.05) is 38.7 Å². The Morgan fingerprint density at radius 3 is 2.71 bits per heavy atom. The minimum absolute atomic E-state index is 0.130. The lowest BCUT2D eigenvalue weighted by molar-refractivity contribution is -0.0349. The number of carbonyl (C=O) groups excluding carboxylic acids is 1. The molecular formula is C23H26N6O2. The second-order valence-corrected chi connectivity index (χ2v) is 7.77. The number of primary amides is 1. The van der Waals surface area contributed by atoms with Crippen molar-refractivity contribution in [3.63, 3.8) is 0 Å². The molecule has 1 saturated heterocycles. The first-order valence-electron chi connectivity index (χ1n) is 10.2. The summed E-state index contributed by atoms with van der Waals surface area (Å²) in [5, 5.41) is 0. The number of amides is 1. The third-order valence-corrected chi connectivity index (χ3v) is 5.19. The highest BCUT2D eigenvalue weighted by molar-refractivity contribution is 5.93. The Bertz CT molecular complexity index is 1050. The fourth-order valence-corrected chi connectivity index (χ4v) is 3.57. The van der Waals surface area contributed by atoms with E-state index in [2.05, 4.69) is 14.9 Å². The smallest absolute Gasteiger partial charge is 0.248 e. The molecule has 1 atom stereocenters. The Hall–Kier alpha value is -3.36. The van der Waals surface area contributed by atoms with Gasteiger partial charge >= 0.3 is 0 Å². The van der Waals surface area contributed by atoms with Crippen LogP contribution in [0.3, 0.4) is 0 Å². The summed E-state index contributed by atoms with van der Waals surface area (Å²) in [5.41, 5.74) is 9.45. The first-order valence-corrected chi connectivity index (χ1v) is 10.2. The van der Waals surface area contributed by atoms with Crippen LogP contribution < -0.4 is 10.6 Å². The minimum Gasteiger partial charge on any atom is -0.369 e. The Labute approximate surface area is 181 Å². The summed E-state index contributed by atoms with van der Waals surface area (Å²) in [7, 11) is 3.85. The van der Waals surface area contributed by atoms with Crippen LogP contribution in [0.2, 0.25) is 0 Å². The van der Waals surface area contributed by atoms with Crippen molar-refractivity contribution < 1.29 is 9.53 Å². The van der Waals surface area contributed by atoms with E-state index in [0.29, 0.717) is 18.1 Å². The maximum absolute atomic E-state index is 11.5. The summed E-state index contributed by atoms with van der Waals surface area (Å²) in [6, 6.07) is 13.1. The van der Waals surface area contributed by atoms with E-state index in [0.717, 1.165) is 42.1 Å². The molecule has 2 N–H and O–H groups in total. The third-order valence-electron chi connectivity index (χ3n) is 5.19. The zero-order chi connectivity index (χ0) is 21.8. The molecule has 3 aromatic rings.